The average Bonchev–Trinajstić information content (AvgIpc) is 3.61. The molecule has 0 unspecified atom stereocenters. The third-order valence-electron chi connectivity index (χ3n) is 7.90. The number of anilines is 1. The number of hydrogen-bond donors (Lipinski definition) is 3. The van der Waals surface area contributed by atoms with Gasteiger partial charge in [0.25, 0.3) is 5.95 Å². The molecule has 19 heteroatoms. The number of aliphatic imine (C=N–C) groups is 1. The zero-order valence-corrected chi connectivity index (χ0v) is 34.6. The second-order valence-electron chi connectivity index (χ2n) is 16.0. The summed E-state index contributed by atoms with van der Waals surface area (Å²) in [5.41, 5.74) is 4.59. The van der Waals surface area contributed by atoms with Gasteiger partial charge in [-0.1, -0.05) is 41.5 Å². The SMILES string of the molecule is COc1cc(OCCO)c(F)c([C@@H](Nc2ccc(C(N)=NC(=O)OCC(C)(C)C)cc2)c2nc(OCOC(=O)C(C)(C)C(=O)OCC(C)(C)C)n(-c3ncccn3)n2)c1. The van der Waals surface area contributed by atoms with Gasteiger partial charge < -0.3 is 44.6 Å². The van der Waals surface area contributed by atoms with E-state index in [0.717, 1.165) is 4.68 Å². The number of methoxy groups -OCH3 is 1. The summed E-state index contributed by atoms with van der Waals surface area (Å²) in [4.78, 5) is 55.0. The quantitative estimate of drug-likeness (QED) is 0.0312. The van der Waals surface area contributed by atoms with E-state index in [4.69, 9.17) is 34.2 Å². The number of ether oxygens (including phenoxy) is 6. The molecule has 18 nitrogen and oxygen atoms in total. The zero-order chi connectivity index (χ0) is 43.5. The van der Waals surface area contributed by atoms with E-state index in [-0.39, 0.29) is 77.9 Å². The normalized spacial score (nSPS) is 12.6. The van der Waals surface area contributed by atoms with Gasteiger partial charge in [-0.3, -0.25) is 9.59 Å². The molecule has 0 aliphatic rings. The third kappa shape index (κ3) is 12.8. The van der Waals surface area contributed by atoms with Crippen molar-refractivity contribution in [2.24, 2.45) is 27.0 Å². The van der Waals surface area contributed by atoms with Crippen LogP contribution in [0.3, 0.4) is 0 Å². The molecule has 4 N–H and O–H groups in total. The number of halogens is 1. The largest absolute Gasteiger partial charge is 0.497 e. The number of amides is 1. The molecule has 59 heavy (non-hydrogen) atoms. The van der Waals surface area contributed by atoms with Crippen LogP contribution in [0.15, 0.2) is 59.9 Å². The highest BCUT2D eigenvalue weighted by atomic mass is 19.1. The maximum atomic E-state index is 16.4. The molecular formula is C40H51FN8O10. The molecule has 4 aromatic rings. The highest BCUT2D eigenvalue weighted by molar-refractivity contribution is 6.03. The lowest BCUT2D eigenvalue weighted by Gasteiger charge is -2.24. The number of aromatic nitrogens is 5. The van der Waals surface area contributed by atoms with E-state index in [1.807, 2.05) is 41.5 Å². The molecule has 2 aromatic heterocycles. The standard InChI is InChI=1S/C40H51FN8O10/c1-38(2,3)21-56-33(51)40(7,8)34(52)58-23-59-36-47-32(48-49(36)35-43-15-10-16-44-35)30(27-19-26(54-9)20-28(29(27)41)55-18-17-50)45-25-13-11-24(12-14-25)31(42)46-37(53)57-22-39(4,5)6/h10-16,19-20,30,45,50H,17-18,21-23H2,1-9H3,(H2,42,46,53)/t30-/m1/s1. The Bertz CT molecular complexity index is 2100. The predicted octanol–water partition coefficient (Wildman–Crippen LogP) is 5.16. The molecule has 0 fully saturated rings. The van der Waals surface area contributed by atoms with Crippen molar-refractivity contribution in [2.75, 3.05) is 45.6 Å². The average molecular weight is 823 g/mol. The van der Waals surface area contributed by atoms with E-state index < -0.39 is 42.1 Å². The van der Waals surface area contributed by atoms with Crippen LogP contribution in [0, 0.1) is 22.1 Å². The summed E-state index contributed by atoms with van der Waals surface area (Å²) in [5.74, 6) is -2.74. The predicted molar refractivity (Wildman–Crippen MR) is 212 cm³/mol. The summed E-state index contributed by atoms with van der Waals surface area (Å²) < 4.78 is 50.1. The van der Waals surface area contributed by atoms with Crippen LogP contribution in [-0.2, 0) is 23.8 Å². The van der Waals surface area contributed by atoms with Crippen LogP contribution in [-0.4, -0.2) is 94.0 Å². The van der Waals surface area contributed by atoms with E-state index in [1.54, 1.807) is 30.3 Å². The zero-order valence-electron chi connectivity index (χ0n) is 34.6. The van der Waals surface area contributed by atoms with Crippen molar-refractivity contribution in [3.8, 4) is 23.5 Å². The molecule has 0 saturated heterocycles. The fraction of sp³-hybridized carbons (Fsp3) is 0.450. The van der Waals surface area contributed by atoms with Gasteiger partial charge in [0.15, 0.2) is 22.8 Å². The molecule has 4 rings (SSSR count). The van der Waals surface area contributed by atoms with Gasteiger partial charge in [0.05, 0.1) is 26.9 Å². The first kappa shape index (κ1) is 45.3. The lowest BCUT2D eigenvalue weighted by atomic mass is 9.93. The van der Waals surface area contributed by atoms with Crippen molar-refractivity contribution in [3.63, 3.8) is 0 Å². The van der Waals surface area contributed by atoms with Crippen molar-refractivity contribution in [2.45, 2.75) is 61.4 Å². The van der Waals surface area contributed by atoms with Gasteiger partial charge in [-0.05, 0) is 61.1 Å². The number of esters is 2. The van der Waals surface area contributed by atoms with Gasteiger partial charge in [0.2, 0.25) is 6.79 Å². The van der Waals surface area contributed by atoms with Crippen LogP contribution >= 0.6 is 0 Å². The maximum Gasteiger partial charge on any atom is 0.435 e. The fourth-order valence-corrected chi connectivity index (χ4v) is 4.76. The number of hydrogen-bond acceptors (Lipinski definition) is 15. The Kier molecular flexibility index (Phi) is 14.9. The highest BCUT2D eigenvalue weighted by Gasteiger charge is 2.40. The molecule has 318 valence electrons. The number of aliphatic hydroxyl groups excluding tert-OH is 1. The molecule has 0 saturated carbocycles. The summed E-state index contributed by atoms with van der Waals surface area (Å²) in [7, 11) is 1.39. The smallest absolute Gasteiger partial charge is 0.435 e. The first-order valence-electron chi connectivity index (χ1n) is 18.4. The minimum atomic E-state index is -1.67. The molecular weight excluding hydrogens is 771 g/mol. The lowest BCUT2D eigenvalue weighted by Crippen LogP contribution is -2.38. The fourth-order valence-electron chi connectivity index (χ4n) is 4.76. The number of nitrogens with two attached hydrogens (primary N) is 1. The van der Waals surface area contributed by atoms with Crippen molar-refractivity contribution >= 4 is 29.6 Å². The Balaban J connectivity index is 1.72. The van der Waals surface area contributed by atoms with Crippen molar-refractivity contribution in [3.05, 3.63) is 77.6 Å². The van der Waals surface area contributed by atoms with Gasteiger partial charge in [-0.15, -0.1) is 9.78 Å². The first-order valence-corrected chi connectivity index (χ1v) is 18.4. The number of carbonyl (C=O) groups is 3. The molecule has 2 aromatic carbocycles. The van der Waals surface area contributed by atoms with Crippen LogP contribution in [0.5, 0.6) is 17.5 Å². The van der Waals surface area contributed by atoms with Crippen LogP contribution in [0.25, 0.3) is 5.95 Å². The Hall–Kier alpha value is -6.37. The molecule has 1 amide bonds. The number of nitrogens with one attached hydrogen (secondary N) is 1. The second-order valence-corrected chi connectivity index (χ2v) is 16.0. The van der Waals surface area contributed by atoms with Gasteiger partial charge in [0.1, 0.15) is 24.2 Å². The van der Waals surface area contributed by atoms with Crippen LogP contribution in [0.4, 0.5) is 14.9 Å². The summed E-state index contributed by atoms with van der Waals surface area (Å²) in [6, 6.07) is 9.19. The molecule has 0 radical (unpaired) electrons. The monoisotopic (exact) mass is 822 g/mol. The van der Waals surface area contributed by atoms with E-state index in [2.05, 4.69) is 30.4 Å². The molecule has 0 spiro atoms. The minimum absolute atomic E-state index is 0.00404. The van der Waals surface area contributed by atoms with Gasteiger partial charge in [0, 0.05) is 35.3 Å². The maximum absolute atomic E-state index is 16.4. The molecule has 0 bridgehead atoms. The van der Waals surface area contributed by atoms with E-state index >= 15 is 4.39 Å². The molecule has 0 aliphatic heterocycles. The van der Waals surface area contributed by atoms with Crippen molar-refractivity contribution < 1.29 is 52.3 Å². The van der Waals surface area contributed by atoms with Crippen molar-refractivity contribution in [1.82, 2.24) is 24.7 Å². The molecule has 2 heterocycles. The van der Waals surface area contributed by atoms with E-state index in [0.29, 0.717) is 11.3 Å². The summed E-state index contributed by atoms with van der Waals surface area (Å²) >= 11 is 0. The number of rotatable bonds is 17. The van der Waals surface area contributed by atoms with E-state index in [1.165, 1.54) is 45.5 Å². The Morgan fingerprint density at radius 3 is 2.15 bits per heavy atom. The molecule has 1 atom stereocenters. The Morgan fingerprint density at radius 2 is 1.54 bits per heavy atom. The van der Waals surface area contributed by atoms with Crippen molar-refractivity contribution in [1.29, 1.82) is 0 Å². The summed E-state index contributed by atoms with van der Waals surface area (Å²) in [5, 5.41) is 17.2. The van der Waals surface area contributed by atoms with Gasteiger partial charge >= 0.3 is 24.0 Å². The second kappa shape index (κ2) is 19.4. The van der Waals surface area contributed by atoms with Crippen LogP contribution in [0.2, 0.25) is 0 Å². The number of aliphatic hydroxyl groups is 1. The number of carbonyl (C=O) groups excluding carboxylic acids is 3. The topological polar surface area (TPSA) is 234 Å². The Labute approximate surface area is 341 Å². The lowest BCUT2D eigenvalue weighted by molar-refractivity contribution is -0.175. The van der Waals surface area contributed by atoms with Crippen LogP contribution in [0.1, 0.15) is 78.4 Å². The number of amidine groups is 1. The number of benzene rings is 2. The van der Waals surface area contributed by atoms with Gasteiger partial charge in [-0.25, -0.2) is 19.2 Å². The molecule has 0 aliphatic carbocycles. The number of nitrogens with zero attached hydrogens (tertiary/aromatic N) is 6. The third-order valence-corrected chi connectivity index (χ3v) is 7.90. The van der Waals surface area contributed by atoms with Gasteiger partial charge in [-0.2, -0.15) is 9.98 Å². The minimum Gasteiger partial charge on any atom is -0.497 e. The van der Waals surface area contributed by atoms with E-state index in [9.17, 15) is 19.5 Å². The summed E-state index contributed by atoms with van der Waals surface area (Å²) in [6.07, 6.45) is 2.05. The first-order chi connectivity index (χ1) is 27.7. The highest BCUT2D eigenvalue weighted by Crippen LogP contribution is 2.36. The van der Waals surface area contributed by atoms with Crippen LogP contribution < -0.4 is 25.3 Å². The Morgan fingerprint density at radius 1 is 0.915 bits per heavy atom. The summed E-state index contributed by atoms with van der Waals surface area (Å²) in [6.45, 7) is 13.0.